The second-order valence-corrected chi connectivity index (χ2v) is 8.97. The summed E-state index contributed by atoms with van der Waals surface area (Å²) >= 11 is 2.26. The maximum atomic E-state index is 12.8. The van der Waals surface area contributed by atoms with E-state index in [4.69, 9.17) is 10.6 Å². The van der Waals surface area contributed by atoms with Crippen molar-refractivity contribution in [2.75, 3.05) is 13.0 Å². The van der Waals surface area contributed by atoms with Crippen LogP contribution >= 0.6 is 23.1 Å². The molecule has 0 aromatic carbocycles. The van der Waals surface area contributed by atoms with Crippen molar-refractivity contribution in [2.24, 2.45) is 0 Å². The van der Waals surface area contributed by atoms with Gasteiger partial charge in [-0.1, -0.05) is 31.5 Å². The van der Waals surface area contributed by atoms with Gasteiger partial charge in [0.25, 0.3) is 5.56 Å². The van der Waals surface area contributed by atoms with Gasteiger partial charge in [-0.05, 0) is 31.7 Å². The Morgan fingerprint density at radius 2 is 2.11 bits per heavy atom. The quantitative estimate of drug-likeness (QED) is 0.316. The lowest BCUT2D eigenvalue weighted by Gasteiger charge is -2.18. The number of esters is 1. The number of nitrogens with one attached hydrogen (secondary N) is 1. The van der Waals surface area contributed by atoms with Crippen molar-refractivity contribution in [3.05, 3.63) is 20.8 Å². The molecule has 0 aliphatic heterocycles. The molecule has 0 radical (unpaired) electrons. The van der Waals surface area contributed by atoms with E-state index < -0.39 is 16.8 Å². The fourth-order valence-corrected chi connectivity index (χ4v) is 5.45. The van der Waals surface area contributed by atoms with E-state index >= 15 is 0 Å². The Labute approximate surface area is 170 Å². The molecule has 0 bridgehead atoms. The maximum Gasteiger partial charge on any atom is 0.348 e. The highest BCUT2D eigenvalue weighted by Gasteiger charge is 2.26. The molecule has 3 N–H and O–H groups in total. The molecule has 0 saturated heterocycles. The number of nitrogens with two attached hydrogens (primary N) is 1. The van der Waals surface area contributed by atoms with Crippen LogP contribution in [0.3, 0.4) is 0 Å². The molecule has 1 atom stereocenters. The van der Waals surface area contributed by atoms with Gasteiger partial charge in [-0.25, -0.2) is 14.5 Å². The Balaban J connectivity index is 1.91. The third kappa shape index (κ3) is 3.88. The molecule has 0 spiro atoms. The Hall–Kier alpha value is -2.07. The molecule has 152 valence electrons. The van der Waals surface area contributed by atoms with Gasteiger partial charge in [-0.15, -0.1) is 11.3 Å². The summed E-state index contributed by atoms with van der Waals surface area (Å²) in [6.45, 7) is 3.58. The third-order valence-electron chi connectivity index (χ3n) is 4.95. The summed E-state index contributed by atoms with van der Waals surface area (Å²) in [5.74, 6) is 5.40. The van der Waals surface area contributed by atoms with E-state index in [0.29, 0.717) is 27.1 Å². The van der Waals surface area contributed by atoms with Gasteiger partial charge in [-0.2, -0.15) is 0 Å². The molecule has 1 aliphatic carbocycles. The lowest BCUT2D eigenvalue weighted by atomic mass is 10.2. The predicted octanol–water partition coefficient (Wildman–Crippen LogP) is 2.20. The van der Waals surface area contributed by atoms with Crippen LogP contribution in [-0.2, 0) is 9.53 Å². The van der Waals surface area contributed by atoms with Crippen LogP contribution in [0.25, 0.3) is 10.2 Å². The number of nitrogen functional groups attached to an aromatic ring is 1. The Morgan fingerprint density at radius 1 is 1.43 bits per heavy atom. The van der Waals surface area contributed by atoms with Crippen molar-refractivity contribution in [2.45, 2.75) is 62.4 Å². The lowest BCUT2D eigenvalue weighted by molar-refractivity contribution is -0.121. The second kappa shape index (κ2) is 8.52. The van der Waals surface area contributed by atoms with Crippen molar-refractivity contribution in [3.8, 4) is 0 Å². The fourth-order valence-electron chi connectivity index (χ4n) is 3.36. The third-order valence-corrected chi connectivity index (χ3v) is 7.44. The first-order chi connectivity index (χ1) is 13.4. The summed E-state index contributed by atoms with van der Waals surface area (Å²) in [6, 6.07) is 0.222. The molecular weight excluding hydrogens is 400 g/mol. The summed E-state index contributed by atoms with van der Waals surface area (Å²) in [5.41, 5.74) is 0.0635. The van der Waals surface area contributed by atoms with Crippen LogP contribution in [0, 0.1) is 6.92 Å². The van der Waals surface area contributed by atoms with Gasteiger partial charge in [0.2, 0.25) is 5.91 Å². The molecule has 1 aliphatic rings. The normalized spacial score (nSPS) is 15.7. The monoisotopic (exact) mass is 424 g/mol. The predicted molar refractivity (Wildman–Crippen MR) is 110 cm³/mol. The van der Waals surface area contributed by atoms with Crippen molar-refractivity contribution >= 4 is 45.2 Å². The van der Waals surface area contributed by atoms with Crippen molar-refractivity contribution in [1.29, 1.82) is 0 Å². The molecule has 1 fully saturated rings. The second-order valence-electron chi connectivity index (χ2n) is 6.80. The summed E-state index contributed by atoms with van der Waals surface area (Å²) in [4.78, 5) is 42.5. The minimum absolute atomic E-state index is 0.0636. The molecule has 2 aromatic rings. The van der Waals surface area contributed by atoms with E-state index in [2.05, 4.69) is 10.3 Å². The Morgan fingerprint density at radius 3 is 2.71 bits per heavy atom. The molecule has 3 rings (SSSR count). The highest BCUT2D eigenvalue weighted by molar-refractivity contribution is 8.00. The van der Waals surface area contributed by atoms with E-state index in [9.17, 15) is 14.4 Å². The Bertz CT molecular complexity index is 963. The van der Waals surface area contributed by atoms with Crippen molar-refractivity contribution in [3.63, 3.8) is 0 Å². The number of rotatable bonds is 6. The number of hydrogen-bond acceptors (Lipinski definition) is 8. The summed E-state index contributed by atoms with van der Waals surface area (Å²) in [6.07, 6.45) is 4.85. The number of thiophene rings is 1. The number of ether oxygens (including phenoxy) is 1. The molecule has 8 nitrogen and oxygen atoms in total. The van der Waals surface area contributed by atoms with Gasteiger partial charge in [0.15, 0.2) is 5.16 Å². The van der Waals surface area contributed by atoms with Gasteiger partial charge in [-0.3, -0.25) is 9.59 Å². The van der Waals surface area contributed by atoms with E-state index in [0.717, 1.165) is 41.7 Å². The average Bonchev–Trinajstić information content (AvgIpc) is 3.30. The van der Waals surface area contributed by atoms with Crippen LogP contribution < -0.4 is 16.7 Å². The molecular formula is C18H24N4O4S2. The standard InChI is InChI=1S/C18H24N4O4S2/c1-4-11(14(23)20-10-7-5-6-8-10)27-18-21-15-12(16(24)22(18)19)9(2)13(28-15)17(25)26-3/h10-11H,4-8,19H2,1-3H3,(H,20,23)/t11-/m0/s1. The number of aromatic nitrogens is 2. The Kier molecular flexibility index (Phi) is 6.29. The minimum atomic E-state index is -0.514. The highest BCUT2D eigenvalue weighted by atomic mass is 32.2. The number of aryl methyl sites for hydroxylation is 1. The van der Waals surface area contributed by atoms with Gasteiger partial charge >= 0.3 is 5.97 Å². The van der Waals surface area contributed by atoms with Gasteiger partial charge in [0.1, 0.15) is 9.71 Å². The smallest absolute Gasteiger partial charge is 0.348 e. The summed E-state index contributed by atoms with van der Waals surface area (Å²) < 4.78 is 5.73. The van der Waals surface area contributed by atoms with Crippen LogP contribution in [0.1, 0.15) is 54.3 Å². The minimum Gasteiger partial charge on any atom is -0.465 e. The fraction of sp³-hybridized carbons (Fsp3) is 0.556. The lowest BCUT2D eigenvalue weighted by Crippen LogP contribution is -2.39. The topological polar surface area (TPSA) is 116 Å². The summed E-state index contributed by atoms with van der Waals surface area (Å²) in [7, 11) is 1.29. The number of fused-ring (bicyclic) bond motifs is 1. The summed E-state index contributed by atoms with van der Waals surface area (Å²) in [5, 5.41) is 3.24. The molecule has 2 heterocycles. The SMILES string of the molecule is CC[C@H](Sc1nc2sc(C(=O)OC)c(C)c2c(=O)n1N)C(=O)NC1CCCC1. The van der Waals surface area contributed by atoms with E-state index in [-0.39, 0.29) is 17.1 Å². The molecule has 0 unspecified atom stereocenters. The number of methoxy groups -OCH3 is 1. The number of hydrogen-bond donors (Lipinski definition) is 2. The number of amides is 1. The average molecular weight is 425 g/mol. The number of carbonyl (C=O) groups excluding carboxylic acids is 2. The largest absolute Gasteiger partial charge is 0.465 e. The van der Waals surface area contributed by atoms with Crippen molar-refractivity contribution in [1.82, 2.24) is 15.0 Å². The first-order valence-corrected chi connectivity index (χ1v) is 10.9. The first kappa shape index (κ1) is 20.7. The number of carbonyl (C=O) groups is 2. The highest BCUT2D eigenvalue weighted by Crippen LogP contribution is 2.31. The van der Waals surface area contributed by atoms with Crippen LogP contribution in [-0.4, -0.2) is 39.9 Å². The van der Waals surface area contributed by atoms with Crippen LogP contribution in [0.4, 0.5) is 0 Å². The zero-order valence-electron chi connectivity index (χ0n) is 16.1. The molecule has 1 amide bonds. The van der Waals surface area contributed by atoms with Gasteiger partial charge in [0, 0.05) is 6.04 Å². The van der Waals surface area contributed by atoms with Crippen LogP contribution in [0.5, 0.6) is 0 Å². The maximum absolute atomic E-state index is 12.8. The van der Waals surface area contributed by atoms with Crippen LogP contribution in [0.2, 0.25) is 0 Å². The zero-order chi connectivity index (χ0) is 20.4. The van der Waals surface area contributed by atoms with Gasteiger partial charge in [0.05, 0.1) is 17.7 Å². The first-order valence-electron chi connectivity index (χ1n) is 9.23. The van der Waals surface area contributed by atoms with E-state index in [1.807, 2.05) is 6.92 Å². The molecule has 2 aromatic heterocycles. The molecule has 28 heavy (non-hydrogen) atoms. The van der Waals surface area contributed by atoms with Crippen molar-refractivity contribution < 1.29 is 14.3 Å². The van der Waals surface area contributed by atoms with E-state index in [1.54, 1.807) is 6.92 Å². The number of thioether (sulfide) groups is 1. The zero-order valence-corrected chi connectivity index (χ0v) is 17.7. The van der Waals surface area contributed by atoms with Gasteiger partial charge < -0.3 is 15.9 Å². The molecule has 10 heteroatoms. The number of nitrogens with zero attached hydrogens (tertiary/aromatic N) is 2. The molecule has 1 saturated carbocycles. The van der Waals surface area contributed by atoms with E-state index in [1.165, 1.54) is 18.9 Å². The van der Waals surface area contributed by atoms with Crippen LogP contribution in [0.15, 0.2) is 9.95 Å².